The second-order valence-corrected chi connectivity index (χ2v) is 12.0. The lowest BCUT2D eigenvalue weighted by molar-refractivity contribution is 0.975. The summed E-state index contributed by atoms with van der Waals surface area (Å²) in [6.07, 6.45) is 0. The number of benzene rings is 8. The van der Waals surface area contributed by atoms with Gasteiger partial charge in [0.2, 0.25) is 0 Å². The van der Waals surface area contributed by atoms with Crippen LogP contribution in [-0.4, -0.2) is 4.57 Å². The maximum absolute atomic E-state index is 9.71. The third-order valence-corrected chi connectivity index (χ3v) is 9.50. The molecular weight excluding hydrogens is 556 g/mol. The fraction of sp³-hybridized carbons (Fsp3) is 0.0227. The lowest BCUT2D eigenvalue weighted by Gasteiger charge is -2.21. The SMILES string of the molecule is N#Cc1ccc2c3ccccc3c3cc(C(c4ccccc4)c4cccc(-n5c6ccccc6c6ccccc65)c4)ccc3c2c1. The Kier molecular flexibility index (Phi) is 5.98. The minimum absolute atomic E-state index is 0.0264. The summed E-state index contributed by atoms with van der Waals surface area (Å²) in [5.74, 6) is 0.0264. The average molecular weight is 585 g/mol. The summed E-state index contributed by atoms with van der Waals surface area (Å²) in [7, 11) is 0. The van der Waals surface area contributed by atoms with Gasteiger partial charge in [-0.3, -0.25) is 0 Å². The van der Waals surface area contributed by atoms with Gasteiger partial charge < -0.3 is 4.57 Å². The summed E-state index contributed by atoms with van der Waals surface area (Å²) in [6, 6.07) is 61.1. The van der Waals surface area contributed by atoms with E-state index in [4.69, 9.17) is 0 Å². The number of rotatable bonds is 4. The monoisotopic (exact) mass is 584 g/mol. The zero-order chi connectivity index (χ0) is 30.6. The Bertz CT molecular complexity index is 2600. The van der Waals surface area contributed by atoms with Gasteiger partial charge in [0.25, 0.3) is 0 Å². The third kappa shape index (κ3) is 4.03. The van der Waals surface area contributed by atoms with Gasteiger partial charge in [-0.05, 0) is 91.5 Å². The van der Waals surface area contributed by atoms with Crippen LogP contribution in [0.2, 0.25) is 0 Å². The van der Waals surface area contributed by atoms with E-state index >= 15 is 0 Å². The van der Waals surface area contributed by atoms with E-state index in [-0.39, 0.29) is 5.92 Å². The van der Waals surface area contributed by atoms with Crippen molar-refractivity contribution in [3.63, 3.8) is 0 Å². The quantitative estimate of drug-likeness (QED) is 0.149. The molecule has 9 rings (SSSR count). The summed E-state index contributed by atoms with van der Waals surface area (Å²) < 4.78 is 2.39. The summed E-state index contributed by atoms with van der Waals surface area (Å²) in [6.45, 7) is 0. The Morgan fingerprint density at radius 2 is 0.913 bits per heavy atom. The zero-order valence-corrected chi connectivity index (χ0v) is 25.1. The fourth-order valence-corrected chi connectivity index (χ4v) is 7.49. The van der Waals surface area contributed by atoms with Crippen LogP contribution >= 0.6 is 0 Å². The van der Waals surface area contributed by atoms with E-state index in [1.807, 2.05) is 12.1 Å². The molecule has 1 unspecified atom stereocenters. The highest BCUT2D eigenvalue weighted by atomic mass is 15.0. The van der Waals surface area contributed by atoms with Crippen LogP contribution in [0.3, 0.4) is 0 Å². The molecule has 1 aromatic heterocycles. The lowest BCUT2D eigenvalue weighted by Crippen LogP contribution is -2.05. The van der Waals surface area contributed by atoms with Crippen LogP contribution in [0, 0.1) is 11.3 Å². The van der Waals surface area contributed by atoms with Crippen molar-refractivity contribution in [1.29, 1.82) is 5.26 Å². The number of para-hydroxylation sites is 2. The molecule has 46 heavy (non-hydrogen) atoms. The normalized spacial score (nSPS) is 12.2. The predicted molar refractivity (Wildman–Crippen MR) is 192 cm³/mol. The molecule has 0 saturated heterocycles. The molecule has 0 fully saturated rings. The first-order valence-corrected chi connectivity index (χ1v) is 15.7. The minimum Gasteiger partial charge on any atom is -0.309 e. The molecule has 0 amide bonds. The van der Waals surface area contributed by atoms with Crippen molar-refractivity contribution in [1.82, 2.24) is 4.57 Å². The van der Waals surface area contributed by atoms with Crippen molar-refractivity contribution >= 4 is 54.1 Å². The molecule has 9 aromatic rings. The van der Waals surface area contributed by atoms with E-state index in [0.717, 1.165) is 11.1 Å². The molecule has 0 N–H and O–H groups in total. The topological polar surface area (TPSA) is 28.7 Å². The first-order valence-electron chi connectivity index (χ1n) is 15.7. The molecule has 1 heterocycles. The van der Waals surface area contributed by atoms with E-state index < -0.39 is 0 Å². The van der Waals surface area contributed by atoms with E-state index in [9.17, 15) is 5.26 Å². The standard InChI is InChI=1S/C44H28N2/c45-28-29-21-23-36-34-15-4-5-16-35(34)41-27-32(22-24-37(41)40(36)25-29)44(30-11-2-1-3-12-30)31-13-10-14-33(26-31)46-42-19-8-6-17-38(42)39-18-7-9-20-43(39)46/h1-27,44H. The number of hydrogen-bond donors (Lipinski definition) is 0. The number of aromatic nitrogens is 1. The Morgan fingerprint density at radius 1 is 0.391 bits per heavy atom. The molecule has 2 nitrogen and oxygen atoms in total. The molecule has 0 spiro atoms. The number of fused-ring (bicyclic) bond motifs is 9. The molecule has 0 bridgehead atoms. The van der Waals surface area contributed by atoms with Gasteiger partial charge >= 0.3 is 0 Å². The Hall–Kier alpha value is -6.17. The van der Waals surface area contributed by atoms with Crippen LogP contribution in [-0.2, 0) is 0 Å². The van der Waals surface area contributed by atoms with Crippen molar-refractivity contribution in [3.05, 3.63) is 186 Å². The van der Waals surface area contributed by atoms with E-state index in [1.165, 1.54) is 65.4 Å². The number of hydrogen-bond acceptors (Lipinski definition) is 1. The highest BCUT2D eigenvalue weighted by Gasteiger charge is 2.20. The summed E-state index contributed by atoms with van der Waals surface area (Å²) in [5.41, 5.74) is 7.96. The Labute approximate surface area is 267 Å². The molecule has 0 saturated carbocycles. The van der Waals surface area contributed by atoms with Crippen LogP contribution in [0.5, 0.6) is 0 Å². The van der Waals surface area contributed by atoms with Crippen LogP contribution in [0.25, 0.3) is 59.8 Å². The number of nitriles is 1. The zero-order valence-electron chi connectivity index (χ0n) is 25.1. The highest BCUT2D eigenvalue weighted by Crippen LogP contribution is 2.40. The maximum atomic E-state index is 9.71. The molecule has 214 valence electrons. The van der Waals surface area contributed by atoms with Gasteiger partial charge in [-0.1, -0.05) is 121 Å². The molecule has 1 atom stereocenters. The Balaban J connectivity index is 1.30. The van der Waals surface area contributed by atoms with E-state index in [1.54, 1.807) is 0 Å². The summed E-state index contributed by atoms with van der Waals surface area (Å²) in [4.78, 5) is 0. The van der Waals surface area contributed by atoms with Crippen molar-refractivity contribution in [2.24, 2.45) is 0 Å². The van der Waals surface area contributed by atoms with Crippen molar-refractivity contribution in [2.75, 3.05) is 0 Å². The van der Waals surface area contributed by atoms with Crippen molar-refractivity contribution < 1.29 is 0 Å². The van der Waals surface area contributed by atoms with Crippen LogP contribution < -0.4 is 0 Å². The van der Waals surface area contributed by atoms with Gasteiger partial charge in [0.05, 0.1) is 22.7 Å². The largest absolute Gasteiger partial charge is 0.309 e. The highest BCUT2D eigenvalue weighted by molar-refractivity contribution is 6.25. The van der Waals surface area contributed by atoms with Gasteiger partial charge in [-0.2, -0.15) is 5.26 Å². The maximum Gasteiger partial charge on any atom is 0.0991 e. The van der Waals surface area contributed by atoms with Gasteiger partial charge in [-0.15, -0.1) is 0 Å². The molecule has 0 aliphatic rings. The van der Waals surface area contributed by atoms with E-state index in [2.05, 4.69) is 162 Å². The van der Waals surface area contributed by atoms with Crippen molar-refractivity contribution in [2.45, 2.75) is 5.92 Å². The van der Waals surface area contributed by atoms with Crippen LogP contribution in [0.15, 0.2) is 164 Å². The van der Waals surface area contributed by atoms with Crippen LogP contribution in [0.4, 0.5) is 0 Å². The third-order valence-electron chi connectivity index (χ3n) is 9.50. The van der Waals surface area contributed by atoms with Gasteiger partial charge in [-0.25, -0.2) is 0 Å². The molecule has 2 heteroatoms. The van der Waals surface area contributed by atoms with Gasteiger partial charge in [0, 0.05) is 22.4 Å². The Morgan fingerprint density at radius 3 is 1.63 bits per heavy atom. The minimum atomic E-state index is 0.0264. The molecule has 0 radical (unpaired) electrons. The van der Waals surface area contributed by atoms with E-state index in [0.29, 0.717) is 5.56 Å². The molecule has 8 aromatic carbocycles. The first kappa shape index (κ1) is 26.3. The van der Waals surface area contributed by atoms with Crippen molar-refractivity contribution in [3.8, 4) is 11.8 Å². The summed E-state index contributed by atoms with van der Waals surface area (Å²) in [5, 5.41) is 19.3. The number of nitrogens with zero attached hydrogens (tertiary/aromatic N) is 2. The molecule has 0 aliphatic carbocycles. The lowest BCUT2D eigenvalue weighted by atomic mass is 9.83. The molecule has 0 aliphatic heterocycles. The van der Waals surface area contributed by atoms with Gasteiger partial charge in [0.15, 0.2) is 0 Å². The fourth-order valence-electron chi connectivity index (χ4n) is 7.49. The second kappa shape index (κ2) is 10.5. The smallest absolute Gasteiger partial charge is 0.0991 e. The average Bonchev–Trinajstić information content (AvgIpc) is 3.47. The van der Waals surface area contributed by atoms with Crippen LogP contribution in [0.1, 0.15) is 28.2 Å². The predicted octanol–water partition coefficient (Wildman–Crippen LogP) is 11.3. The second-order valence-electron chi connectivity index (χ2n) is 12.0. The first-order chi connectivity index (χ1) is 22.8. The summed E-state index contributed by atoms with van der Waals surface area (Å²) >= 11 is 0. The van der Waals surface area contributed by atoms with Gasteiger partial charge in [0.1, 0.15) is 0 Å². The molecular formula is C44H28N2.